The topological polar surface area (TPSA) is 59.4 Å². The predicted octanol–water partition coefficient (Wildman–Crippen LogP) is 1.91. The van der Waals surface area contributed by atoms with Crippen LogP contribution in [0.2, 0.25) is 0 Å². The highest BCUT2D eigenvalue weighted by Gasteiger charge is 2.25. The van der Waals surface area contributed by atoms with E-state index in [9.17, 15) is 4.79 Å². The third-order valence-corrected chi connectivity index (χ3v) is 4.18. The monoisotopic (exact) mass is 300 g/mol. The number of nitrogens with one attached hydrogen (secondary N) is 1. The first-order chi connectivity index (χ1) is 10.7. The number of anilines is 1. The van der Waals surface area contributed by atoms with E-state index in [0.717, 1.165) is 32.7 Å². The molecule has 1 amide bonds. The SMILES string of the molecule is CCCN1CCN(C(C)C(=O)Nc2ccccc2C#N)CC1. The van der Waals surface area contributed by atoms with Crippen LogP contribution in [0.3, 0.4) is 0 Å². The van der Waals surface area contributed by atoms with E-state index < -0.39 is 0 Å². The molecule has 0 aliphatic carbocycles. The van der Waals surface area contributed by atoms with Gasteiger partial charge in [0.15, 0.2) is 0 Å². The number of para-hydroxylation sites is 1. The molecule has 5 heteroatoms. The van der Waals surface area contributed by atoms with Gasteiger partial charge in [0.25, 0.3) is 0 Å². The second kappa shape index (κ2) is 7.92. The second-order valence-corrected chi connectivity index (χ2v) is 5.70. The fraction of sp³-hybridized carbons (Fsp3) is 0.529. The Bertz CT molecular complexity index is 544. The van der Waals surface area contributed by atoms with Crippen LogP contribution in [0.4, 0.5) is 5.69 Å². The summed E-state index contributed by atoms with van der Waals surface area (Å²) in [5.41, 5.74) is 1.09. The molecule has 1 atom stereocenters. The van der Waals surface area contributed by atoms with Gasteiger partial charge in [0.2, 0.25) is 5.91 Å². The van der Waals surface area contributed by atoms with Gasteiger partial charge in [-0.25, -0.2) is 0 Å². The van der Waals surface area contributed by atoms with Gasteiger partial charge in [0.1, 0.15) is 6.07 Å². The van der Waals surface area contributed by atoms with Crippen molar-refractivity contribution in [3.63, 3.8) is 0 Å². The number of nitriles is 1. The minimum absolute atomic E-state index is 0.0494. The number of amides is 1. The van der Waals surface area contributed by atoms with E-state index in [-0.39, 0.29) is 11.9 Å². The lowest BCUT2D eigenvalue weighted by Gasteiger charge is -2.37. The van der Waals surface area contributed by atoms with Gasteiger partial charge in [-0.05, 0) is 32.0 Å². The molecule has 118 valence electrons. The number of carbonyl (C=O) groups is 1. The largest absolute Gasteiger partial charge is 0.324 e. The number of nitrogens with zero attached hydrogens (tertiary/aromatic N) is 3. The summed E-state index contributed by atoms with van der Waals surface area (Å²) in [5.74, 6) is -0.0494. The molecule has 1 aromatic carbocycles. The summed E-state index contributed by atoms with van der Waals surface area (Å²) in [4.78, 5) is 17.1. The lowest BCUT2D eigenvalue weighted by Crippen LogP contribution is -2.52. The van der Waals surface area contributed by atoms with Crippen molar-refractivity contribution in [3.8, 4) is 6.07 Å². The molecule has 0 aromatic heterocycles. The average molecular weight is 300 g/mol. The molecule has 0 saturated carbocycles. The number of benzene rings is 1. The Morgan fingerprint density at radius 3 is 2.64 bits per heavy atom. The van der Waals surface area contributed by atoms with Crippen molar-refractivity contribution in [1.82, 2.24) is 9.80 Å². The zero-order valence-corrected chi connectivity index (χ0v) is 13.4. The van der Waals surface area contributed by atoms with Crippen molar-refractivity contribution < 1.29 is 4.79 Å². The molecular weight excluding hydrogens is 276 g/mol. The van der Waals surface area contributed by atoms with Gasteiger partial charge in [-0.1, -0.05) is 19.1 Å². The summed E-state index contributed by atoms with van der Waals surface area (Å²) in [5, 5.41) is 12.0. The highest BCUT2D eigenvalue weighted by Crippen LogP contribution is 2.15. The molecule has 1 aliphatic rings. The predicted molar refractivity (Wildman–Crippen MR) is 87.6 cm³/mol. The van der Waals surface area contributed by atoms with Crippen LogP contribution in [0.15, 0.2) is 24.3 Å². The fourth-order valence-corrected chi connectivity index (χ4v) is 2.78. The van der Waals surface area contributed by atoms with Crippen molar-refractivity contribution in [2.24, 2.45) is 0 Å². The maximum Gasteiger partial charge on any atom is 0.241 e. The summed E-state index contributed by atoms with van der Waals surface area (Å²) in [7, 11) is 0. The van der Waals surface area contributed by atoms with Crippen molar-refractivity contribution in [2.75, 3.05) is 38.0 Å². The summed E-state index contributed by atoms with van der Waals surface area (Å²) in [6.45, 7) is 9.10. The molecule has 1 fully saturated rings. The molecule has 1 aromatic rings. The van der Waals surface area contributed by atoms with Crippen LogP contribution in [-0.2, 0) is 4.79 Å². The van der Waals surface area contributed by atoms with E-state index >= 15 is 0 Å². The first-order valence-corrected chi connectivity index (χ1v) is 7.92. The lowest BCUT2D eigenvalue weighted by molar-refractivity contribution is -0.121. The molecule has 1 N–H and O–H groups in total. The minimum atomic E-state index is -0.185. The van der Waals surface area contributed by atoms with Crippen LogP contribution in [-0.4, -0.2) is 54.5 Å². The Hall–Kier alpha value is -1.90. The second-order valence-electron chi connectivity index (χ2n) is 5.70. The minimum Gasteiger partial charge on any atom is -0.324 e. The Morgan fingerprint density at radius 1 is 1.32 bits per heavy atom. The van der Waals surface area contributed by atoms with Crippen LogP contribution in [0, 0.1) is 11.3 Å². The fourth-order valence-electron chi connectivity index (χ4n) is 2.78. The summed E-state index contributed by atoms with van der Waals surface area (Å²) in [6.07, 6.45) is 1.17. The number of hydrogen-bond donors (Lipinski definition) is 1. The summed E-state index contributed by atoms with van der Waals surface area (Å²) >= 11 is 0. The van der Waals surface area contributed by atoms with Gasteiger partial charge in [0.05, 0.1) is 17.3 Å². The number of carbonyl (C=O) groups excluding carboxylic acids is 1. The molecule has 0 radical (unpaired) electrons. The number of piperazine rings is 1. The smallest absolute Gasteiger partial charge is 0.241 e. The van der Waals surface area contributed by atoms with Crippen molar-refractivity contribution in [1.29, 1.82) is 5.26 Å². The lowest BCUT2D eigenvalue weighted by atomic mass is 10.1. The van der Waals surface area contributed by atoms with Gasteiger partial charge >= 0.3 is 0 Å². The van der Waals surface area contributed by atoms with Gasteiger partial charge < -0.3 is 10.2 Å². The van der Waals surface area contributed by atoms with Crippen LogP contribution in [0.5, 0.6) is 0 Å². The number of hydrogen-bond acceptors (Lipinski definition) is 4. The van der Waals surface area contributed by atoms with Crippen LogP contribution in [0.25, 0.3) is 0 Å². The third-order valence-electron chi connectivity index (χ3n) is 4.18. The standard InChI is InChI=1S/C17H24N4O/c1-3-8-20-9-11-21(12-10-20)14(2)17(22)19-16-7-5-4-6-15(16)13-18/h4-7,14H,3,8-12H2,1-2H3,(H,19,22). The molecule has 1 heterocycles. The van der Waals surface area contributed by atoms with Gasteiger partial charge in [-0.3, -0.25) is 9.69 Å². The van der Waals surface area contributed by atoms with Gasteiger partial charge in [-0.2, -0.15) is 5.26 Å². The zero-order chi connectivity index (χ0) is 15.9. The van der Waals surface area contributed by atoms with E-state index in [2.05, 4.69) is 28.1 Å². The van der Waals surface area contributed by atoms with Gasteiger partial charge in [0, 0.05) is 26.2 Å². The molecule has 0 bridgehead atoms. The third kappa shape index (κ3) is 4.06. The maximum absolute atomic E-state index is 12.4. The van der Waals surface area contributed by atoms with E-state index in [0.29, 0.717) is 11.3 Å². The molecule has 1 unspecified atom stereocenters. The number of rotatable bonds is 5. The van der Waals surface area contributed by atoms with Crippen LogP contribution < -0.4 is 5.32 Å². The van der Waals surface area contributed by atoms with E-state index in [4.69, 9.17) is 5.26 Å². The maximum atomic E-state index is 12.4. The van der Waals surface area contributed by atoms with Crippen molar-refractivity contribution in [2.45, 2.75) is 26.3 Å². The molecule has 1 saturated heterocycles. The van der Waals surface area contributed by atoms with Crippen molar-refractivity contribution in [3.05, 3.63) is 29.8 Å². The molecule has 0 spiro atoms. The molecule has 2 rings (SSSR count). The molecule has 5 nitrogen and oxygen atoms in total. The molecule has 1 aliphatic heterocycles. The average Bonchev–Trinajstić information content (AvgIpc) is 2.55. The summed E-state index contributed by atoms with van der Waals surface area (Å²) < 4.78 is 0. The molecular formula is C17H24N4O. The van der Waals surface area contributed by atoms with E-state index in [1.807, 2.05) is 13.0 Å². The van der Waals surface area contributed by atoms with E-state index in [1.54, 1.807) is 18.2 Å². The van der Waals surface area contributed by atoms with Crippen molar-refractivity contribution >= 4 is 11.6 Å². The first-order valence-electron chi connectivity index (χ1n) is 7.92. The Balaban J connectivity index is 1.92. The quantitative estimate of drug-likeness (QED) is 0.902. The Labute approximate surface area is 132 Å². The van der Waals surface area contributed by atoms with Crippen LogP contribution in [0.1, 0.15) is 25.8 Å². The first kappa shape index (κ1) is 16.5. The molecule has 22 heavy (non-hydrogen) atoms. The van der Waals surface area contributed by atoms with Crippen LogP contribution >= 0.6 is 0 Å². The zero-order valence-electron chi connectivity index (χ0n) is 13.4. The van der Waals surface area contributed by atoms with E-state index in [1.165, 1.54) is 6.42 Å². The Morgan fingerprint density at radius 2 is 2.00 bits per heavy atom. The van der Waals surface area contributed by atoms with Gasteiger partial charge in [-0.15, -0.1) is 0 Å². The highest BCUT2D eigenvalue weighted by atomic mass is 16.2. The Kier molecular flexibility index (Phi) is 5.93. The normalized spacial score (nSPS) is 17.7. The highest BCUT2D eigenvalue weighted by molar-refractivity contribution is 5.95. The summed E-state index contributed by atoms with van der Waals surface area (Å²) in [6, 6.07) is 9.02.